The molecule has 2 fully saturated rings. The third-order valence-electron chi connectivity index (χ3n) is 6.13. The monoisotopic (exact) mass is 528 g/mol. The number of ether oxygens (including phenoxy) is 1. The largest absolute Gasteiger partial charge is 0.376 e. The van der Waals surface area contributed by atoms with Crippen LogP contribution in [0.3, 0.4) is 0 Å². The number of hydrogen-bond acceptors (Lipinski definition) is 3. The molecule has 1 aromatic rings. The molecule has 5 nitrogen and oxygen atoms in total. The number of hydrogen-bond donors (Lipinski definition) is 1. The minimum absolute atomic E-state index is 0. The van der Waals surface area contributed by atoms with E-state index in [0.29, 0.717) is 12.5 Å². The van der Waals surface area contributed by atoms with Crippen LogP contribution in [0.1, 0.15) is 45.1 Å². The van der Waals surface area contributed by atoms with Gasteiger partial charge in [0.1, 0.15) is 0 Å². The van der Waals surface area contributed by atoms with Crippen molar-refractivity contribution in [3.8, 4) is 0 Å². The summed E-state index contributed by atoms with van der Waals surface area (Å²) >= 11 is 0. The number of nitrogens with one attached hydrogen (secondary N) is 1. The number of halogens is 1. The highest BCUT2D eigenvalue weighted by Crippen LogP contribution is 2.20. The Morgan fingerprint density at radius 1 is 1.07 bits per heavy atom. The van der Waals surface area contributed by atoms with E-state index in [9.17, 15) is 0 Å². The van der Waals surface area contributed by atoms with Crippen molar-refractivity contribution in [2.24, 2.45) is 16.8 Å². The van der Waals surface area contributed by atoms with E-state index in [4.69, 9.17) is 9.73 Å². The van der Waals surface area contributed by atoms with Gasteiger partial charge < -0.3 is 19.9 Å². The van der Waals surface area contributed by atoms with Crippen LogP contribution >= 0.6 is 24.0 Å². The molecule has 2 aliphatic heterocycles. The lowest BCUT2D eigenvalue weighted by molar-refractivity contribution is 0.0906. The van der Waals surface area contributed by atoms with E-state index in [1.165, 1.54) is 50.9 Å². The molecule has 0 bridgehead atoms. The summed E-state index contributed by atoms with van der Waals surface area (Å²) in [5.41, 5.74) is 1.25. The number of nitrogens with zero attached hydrogens (tertiary/aromatic N) is 3. The molecule has 1 aromatic carbocycles. The van der Waals surface area contributed by atoms with Gasteiger partial charge in [-0.2, -0.15) is 0 Å². The third-order valence-corrected chi connectivity index (χ3v) is 6.13. The van der Waals surface area contributed by atoms with Crippen LogP contribution in [0.5, 0.6) is 0 Å². The molecule has 2 aliphatic rings. The van der Waals surface area contributed by atoms with E-state index in [1.54, 1.807) is 0 Å². The number of piperidine rings is 1. The van der Waals surface area contributed by atoms with Gasteiger partial charge in [-0.15, -0.1) is 24.0 Å². The Labute approximate surface area is 200 Å². The molecule has 30 heavy (non-hydrogen) atoms. The van der Waals surface area contributed by atoms with E-state index in [2.05, 4.69) is 59.3 Å². The van der Waals surface area contributed by atoms with Crippen LogP contribution in [0.15, 0.2) is 35.3 Å². The first kappa shape index (κ1) is 25.4. The smallest absolute Gasteiger partial charge is 0.193 e. The van der Waals surface area contributed by atoms with Crippen LogP contribution in [0, 0.1) is 11.8 Å². The molecule has 1 atom stereocenters. The third kappa shape index (κ3) is 8.35. The van der Waals surface area contributed by atoms with Gasteiger partial charge >= 0.3 is 0 Å². The minimum Gasteiger partial charge on any atom is -0.376 e. The van der Waals surface area contributed by atoms with Crippen LogP contribution in [0.2, 0.25) is 0 Å². The Morgan fingerprint density at radius 3 is 2.50 bits per heavy atom. The zero-order chi connectivity index (χ0) is 20.3. The molecule has 2 heterocycles. The van der Waals surface area contributed by atoms with Gasteiger partial charge in [-0.1, -0.05) is 37.3 Å². The fourth-order valence-corrected chi connectivity index (χ4v) is 4.43. The van der Waals surface area contributed by atoms with E-state index in [0.717, 1.165) is 44.7 Å². The Kier molecular flexibility index (Phi) is 12.1. The van der Waals surface area contributed by atoms with Crippen molar-refractivity contribution in [2.45, 2.75) is 46.1 Å². The number of likely N-dealkylation sites (tertiary alicyclic amines) is 2. The lowest BCUT2D eigenvalue weighted by atomic mass is 9.97. The molecule has 0 radical (unpaired) electrons. The Hall–Kier alpha value is -0.860. The quantitative estimate of drug-likeness (QED) is 0.296. The second kappa shape index (κ2) is 14.2. The molecular formula is C24H41IN4O. The fourth-order valence-electron chi connectivity index (χ4n) is 4.43. The molecule has 0 aliphatic carbocycles. The molecule has 0 amide bonds. The minimum atomic E-state index is 0. The maximum Gasteiger partial charge on any atom is 0.193 e. The lowest BCUT2D eigenvalue weighted by Crippen LogP contribution is -2.41. The van der Waals surface area contributed by atoms with Crippen LogP contribution in [0.4, 0.5) is 0 Å². The van der Waals surface area contributed by atoms with Crippen LogP contribution in [0.25, 0.3) is 0 Å². The highest BCUT2D eigenvalue weighted by Gasteiger charge is 2.25. The summed E-state index contributed by atoms with van der Waals surface area (Å²) < 4.78 is 5.99. The second-order valence-corrected chi connectivity index (χ2v) is 8.58. The molecule has 1 unspecified atom stereocenters. The SMILES string of the molecule is CCCN1CCC(CN=C(NCC)N2CCC(COCc3ccccc3)C2)CC1.I. The Balaban J connectivity index is 0.00000320. The maximum atomic E-state index is 5.99. The summed E-state index contributed by atoms with van der Waals surface area (Å²) in [4.78, 5) is 10.1. The van der Waals surface area contributed by atoms with Gasteiger partial charge in [-0.3, -0.25) is 4.99 Å². The number of benzene rings is 1. The maximum absolute atomic E-state index is 5.99. The Morgan fingerprint density at radius 2 is 1.80 bits per heavy atom. The van der Waals surface area contributed by atoms with E-state index in [-0.39, 0.29) is 24.0 Å². The van der Waals surface area contributed by atoms with Gasteiger partial charge in [0.15, 0.2) is 5.96 Å². The summed E-state index contributed by atoms with van der Waals surface area (Å²) in [6.07, 6.45) is 5.03. The summed E-state index contributed by atoms with van der Waals surface area (Å²) in [7, 11) is 0. The molecule has 3 rings (SSSR count). The summed E-state index contributed by atoms with van der Waals surface area (Å²) in [6, 6.07) is 10.5. The standard InChI is InChI=1S/C24H40N4O.HI/c1-3-13-27-14-10-21(11-15-27)17-26-24(25-4-2)28-16-12-23(18-28)20-29-19-22-8-6-5-7-9-22;/h5-9,21,23H,3-4,10-20H2,1-2H3,(H,25,26);1H. The predicted molar refractivity (Wildman–Crippen MR) is 137 cm³/mol. The lowest BCUT2D eigenvalue weighted by Gasteiger charge is -2.31. The normalized spacial score (nSPS) is 20.9. The molecule has 2 saturated heterocycles. The van der Waals surface area contributed by atoms with Crippen molar-refractivity contribution >= 4 is 29.9 Å². The predicted octanol–water partition coefficient (Wildman–Crippen LogP) is 4.23. The van der Waals surface area contributed by atoms with Crippen molar-refractivity contribution in [3.63, 3.8) is 0 Å². The molecular weight excluding hydrogens is 487 g/mol. The van der Waals surface area contributed by atoms with E-state index >= 15 is 0 Å². The molecule has 6 heteroatoms. The van der Waals surface area contributed by atoms with Crippen molar-refractivity contribution in [2.75, 3.05) is 52.4 Å². The molecule has 170 valence electrons. The van der Waals surface area contributed by atoms with Crippen molar-refractivity contribution < 1.29 is 4.74 Å². The molecule has 0 saturated carbocycles. The number of guanidine groups is 1. The van der Waals surface area contributed by atoms with Crippen molar-refractivity contribution in [3.05, 3.63) is 35.9 Å². The second-order valence-electron chi connectivity index (χ2n) is 8.58. The zero-order valence-electron chi connectivity index (χ0n) is 18.9. The van der Waals surface area contributed by atoms with Crippen LogP contribution in [-0.2, 0) is 11.3 Å². The van der Waals surface area contributed by atoms with E-state index in [1.807, 2.05) is 0 Å². The van der Waals surface area contributed by atoms with Gasteiger partial charge in [0.2, 0.25) is 0 Å². The van der Waals surface area contributed by atoms with Crippen LogP contribution < -0.4 is 5.32 Å². The number of rotatable bonds is 9. The number of aliphatic imine (C=N–C) groups is 1. The summed E-state index contributed by atoms with van der Waals surface area (Å²) in [6.45, 7) is 13.8. The first-order valence-electron chi connectivity index (χ1n) is 11.7. The Bertz CT molecular complexity index is 604. The highest BCUT2D eigenvalue weighted by molar-refractivity contribution is 14.0. The first-order valence-corrected chi connectivity index (χ1v) is 11.7. The van der Waals surface area contributed by atoms with Gasteiger partial charge in [0.05, 0.1) is 13.2 Å². The topological polar surface area (TPSA) is 40.1 Å². The first-order chi connectivity index (χ1) is 14.3. The van der Waals surface area contributed by atoms with Gasteiger partial charge in [-0.05, 0) is 63.7 Å². The highest BCUT2D eigenvalue weighted by atomic mass is 127. The van der Waals surface area contributed by atoms with Gasteiger partial charge in [0.25, 0.3) is 0 Å². The fraction of sp³-hybridized carbons (Fsp3) is 0.708. The molecule has 0 aromatic heterocycles. The summed E-state index contributed by atoms with van der Waals surface area (Å²) in [5, 5.41) is 3.52. The van der Waals surface area contributed by atoms with Gasteiger partial charge in [0, 0.05) is 32.1 Å². The van der Waals surface area contributed by atoms with Crippen LogP contribution in [-0.4, -0.2) is 68.2 Å². The van der Waals surface area contributed by atoms with Crippen molar-refractivity contribution in [1.82, 2.24) is 15.1 Å². The molecule has 1 N–H and O–H groups in total. The molecule has 0 spiro atoms. The van der Waals surface area contributed by atoms with E-state index < -0.39 is 0 Å². The van der Waals surface area contributed by atoms with Gasteiger partial charge in [-0.25, -0.2) is 0 Å². The van der Waals surface area contributed by atoms with Crippen molar-refractivity contribution in [1.29, 1.82) is 0 Å². The average Bonchev–Trinajstić information content (AvgIpc) is 3.22. The zero-order valence-corrected chi connectivity index (χ0v) is 21.2. The average molecular weight is 529 g/mol. The summed E-state index contributed by atoms with van der Waals surface area (Å²) in [5.74, 6) is 2.44.